The van der Waals surface area contributed by atoms with Crippen LogP contribution in [0.15, 0.2) is 158 Å². The van der Waals surface area contributed by atoms with Gasteiger partial charge in [-0.15, -0.1) is 0 Å². The fourth-order valence-corrected chi connectivity index (χ4v) is 7.62. The highest BCUT2D eigenvalue weighted by Gasteiger charge is 2.36. The monoisotopic (exact) mass is 600 g/mol. The van der Waals surface area contributed by atoms with Gasteiger partial charge in [-0.1, -0.05) is 135 Å². The fraction of sp³-hybridized carbons (Fsp3) is 0.0667. The average molecular weight is 601 g/mol. The lowest BCUT2D eigenvalue weighted by Crippen LogP contribution is -2.15. The molecular weight excluding hydrogens is 569 g/mol. The Balaban J connectivity index is 1.15. The molecule has 2 aromatic heterocycles. The van der Waals surface area contributed by atoms with Crippen LogP contribution in [-0.4, -0.2) is 9.97 Å². The average Bonchev–Trinajstić information content (AvgIpc) is 3.36. The Morgan fingerprint density at radius 1 is 0.383 bits per heavy atom. The first-order valence-corrected chi connectivity index (χ1v) is 16.2. The lowest BCUT2D eigenvalue weighted by Gasteiger charge is -2.23. The zero-order valence-electron chi connectivity index (χ0n) is 26.4. The molecule has 222 valence electrons. The van der Waals surface area contributed by atoms with Crippen LogP contribution in [-0.2, 0) is 5.41 Å². The molecule has 0 saturated carbocycles. The molecule has 2 nitrogen and oxygen atoms in total. The molecule has 9 rings (SSSR count). The van der Waals surface area contributed by atoms with Gasteiger partial charge >= 0.3 is 0 Å². The Bertz CT molecular complexity index is 2320. The molecule has 0 fully saturated rings. The molecule has 1 aliphatic carbocycles. The summed E-state index contributed by atoms with van der Waals surface area (Å²) in [5.41, 5.74) is 14.3. The Morgan fingerprint density at radius 3 is 1.26 bits per heavy atom. The van der Waals surface area contributed by atoms with Crippen LogP contribution in [0.2, 0.25) is 0 Å². The lowest BCUT2D eigenvalue weighted by atomic mass is 9.80. The highest BCUT2D eigenvalue weighted by atomic mass is 14.7. The number of nitrogens with zero attached hydrogens (tertiary/aromatic N) is 2. The predicted octanol–water partition coefficient (Wildman–Crippen LogP) is 11.8. The van der Waals surface area contributed by atoms with E-state index in [2.05, 4.69) is 159 Å². The fourth-order valence-electron chi connectivity index (χ4n) is 7.62. The first kappa shape index (κ1) is 27.5. The van der Waals surface area contributed by atoms with Gasteiger partial charge in [0.1, 0.15) is 0 Å². The summed E-state index contributed by atoms with van der Waals surface area (Å²) >= 11 is 0. The van der Waals surface area contributed by atoms with Crippen LogP contribution in [0.1, 0.15) is 25.0 Å². The molecule has 6 aromatic carbocycles. The lowest BCUT2D eigenvalue weighted by molar-refractivity contribution is 0.661. The van der Waals surface area contributed by atoms with Crippen molar-refractivity contribution in [1.29, 1.82) is 0 Å². The van der Waals surface area contributed by atoms with E-state index >= 15 is 0 Å². The number of aromatic nitrogens is 2. The Hall–Kier alpha value is -5.86. The largest absolute Gasteiger partial charge is 0.256 e. The van der Waals surface area contributed by atoms with Crippen molar-refractivity contribution in [3.8, 4) is 55.9 Å². The number of hydrogen-bond donors (Lipinski definition) is 0. The molecule has 0 aliphatic heterocycles. The summed E-state index contributed by atoms with van der Waals surface area (Å²) in [4.78, 5) is 9.75. The maximum Gasteiger partial charge on any atom is 0.0786 e. The van der Waals surface area contributed by atoms with E-state index in [0.717, 1.165) is 22.5 Å². The van der Waals surface area contributed by atoms with Crippen molar-refractivity contribution in [3.63, 3.8) is 0 Å². The Kier molecular flexibility index (Phi) is 6.20. The predicted molar refractivity (Wildman–Crippen MR) is 196 cm³/mol. The molecule has 0 N–H and O–H groups in total. The topological polar surface area (TPSA) is 25.8 Å². The van der Waals surface area contributed by atoms with Gasteiger partial charge in [-0.05, 0) is 79.5 Å². The number of pyridine rings is 2. The quantitative estimate of drug-likeness (QED) is 0.201. The molecular formula is C45H32N2. The van der Waals surface area contributed by atoms with Crippen LogP contribution >= 0.6 is 0 Å². The van der Waals surface area contributed by atoms with Gasteiger partial charge in [-0.25, -0.2) is 0 Å². The van der Waals surface area contributed by atoms with E-state index in [4.69, 9.17) is 9.97 Å². The molecule has 0 saturated heterocycles. The van der Waals surface area contributed by atoms with Crippen LogP contribution in [0.5, 0.6) is 0 Å². The van der Waals surface area contributed by atoms with Crippen molar-refractivity contribution in [1.82, 2.24) is 9.97 Å². The minimum atomic E-state index is -0.171. The molecule has 47 heavy (non-hydrogen) atoms. The number of benzene rings is 6. The zero-order valence-corrected chi connectivity index (χ0v) is 26.4. The minimum Gasteiger partial charge on any atom is -0.256 e. The summed E-state index contributed by atoms with van der Waals surface area (Å²) in [6.45, 7) is 4.73. The van der Waals surface area contributed by atoms with E-state index in [1.807, 2.05) is 12.4 Å². The van der Waals surface area contributed by atoms with Crippen LogP contribution in [0, 0.1) is 0 Å². The van der Waals surface area contributed by atoms with Crippen molar-refractivity contribution in [2.24, 2.45) is 0 Å². The van der Waals surface area contributed by atoms with Crippen LogP contribution < -0.4 is 0 Å². The molecule has 1 aliphatic rings. The minimum absolute atomic E-state index is 0.171. The van der Waals surface area contributed by atoms with Gasteiger partial charge < -0.3 is 0 Å². The van der Waals surface area contributed by atoms with E-state index in [1.165, 1.54) is 66.1 Å². The Morgan fingerprint density at radius 2 is 0.787 bits per heavy atom. The second kappa shape index (κ2) is 10.6. The van der Waals surface area contributed by atoms with Gasteiger partial charge in [-0.3, -0.25) is 9.97 Å². The van der Waals surface area contributed by atoms with Crippen molar-refractivity contribution < 1.29 is 0 Å². The number of fused-ring (bicyclic) bond motifs is 5. The van der Waals surface area contributed by atoms with Crippen LogP contribution in [0.4, 0.5) is 0 Å². The molecule has 0 amide bonds. The van der Waals surface area contributed by atoms with Gasteiger partial charge in [0.25, 0.3) is 0 Å². The standard InChI is InChI=1S/C45H32N2/c1-45(2)41-27-31(33-13-7-9-17-39(33)43-35-15-5-3-11-29(35)23-25-46-43)19-21-37(41)38-22-20-32(28-42(38)45)34-14-8-10-18-40(34)44-36-16-6-4-12-30(36)24-26-47-44/h3-28H,1-2H3. The van der Waals surface area contributed by atoms with Gasteiger partial charge in [0.15, 0.2) is 0 Å². The second-order valence-corrected chi connectivity index (χ2v) is 13.0. The van der Waals surface area contributed by atoms with Crippen molar-refractivity contribution in [2.45, 2.75) is 19.3 Å². The highest BCUT2D eigenvalue weighted by molar-refractivity contribution is 6.00. The first-order chi connectivity index (χ1) is 23.1. The summed E-state index contributed by atoms with van der Waals surface area (Å²) < 4.78 is 0. The van der Waals surface area contributed by atoms with Crippen LogP contribution in [0.3, 0.4) is 0 Å². The summed E-state index contributed by atoms with van der Waals surface area (Å²) in [6, 6.07) is 52.5. The molecule has 8 aromatic rings. The highest BCUT2D eigenvalue weighted by Crippen LogP contribution is 2.51. The third-order valence-electron chi connectivity index (χ3n) is 10.0. The number of rotatable bonds is 4. The van der Waals surface area contributed by atoms with Gasteiger partial charge in [0.2, 0.25) is 0 Å². The normalized spacial score (nSPS) is 13.1. The maximum absolute atomic E-state index is 4.88. The maximum atomic E-state index is 4.88. The van der Waals surface area contributed by atoms with E-state index in [9.17, 15) is 0 Å². The number of hydrogen-bond acceptors (Lipinski definition) is 2. The summed E-state index contributed by atoms with van der Waals surface area (Å²) in [7, 11) is 0. The molecule has 0 unspecified atom stereocenters. The van der Waals surface area contributed by atoms with E-state index in [1.54, 1.807) is 0 Å². The first-order valence-electron chi connectivity index (χ1n) is 16.2. The molecule has 0 bridgehead atoms. The van der Waals surface area contributed by atoms with Crippen molar-refractivity contribution >= 4 is 21.5 Å². The third-order valence-corrected chi connectivity index (χ3v) is 10.0. The van der Waals surface area contributed by atoms with E-state index in [-0.39, 0.29) is 5.41 Å². The van der Waals surface area contributed by atoms with E-state index < -0.39 is 0 Å². The van der Waals surface area contributed by atoms with E-state index in [0.29, 0.717) is 0 Å². The SMILES string of the molecule is CC1(C)c2cc(-c3ccccc3-c3nccc4ccccc34)ccc2-c2ccc(-c3ccccc3-c3nccc4ccccc34)cc21. The second-order valence-electron chi connectivity index (χ2n) is 13.0. The van der Waals surface area contributed by atoms with Crippen molar-refractivity contribution in [2.75, 3.05) is 0 Å². The van der Waals surface area contributed by atoms with Gasteiger partial charge in [-0.2, -0.15) is 0 Å². The van der Waals surface area contributed by atoms with Crippen molar-refractivity contribution in [3.05, 3.63) is 169 Å². The zero-order chi connectivity index (χ0) is 31.5. The molecule has 2 heterocycles. The van der Waals surface area contributed by atoms with Gasteiger partial charge in [0, 0.05) is 39.7 Å². The molecule has 2 heteroatoms. The summed E-state index contributed by atoms with van der Waals surface area (Å²) in [6.07, 6.45) is 3.84. The molecule has 0 spiro atoms. The van der Waals surface area contributed by atoms with Gasteiger partial charge in [0.05, 0.1) is 11.4 Å². The summed E-state index contributed by atoms with van der Waals surface area (Å²) in [5.74, 6) is 0. The molecule has 0 radical (unpaired) electrons. The Labute approximate surface area is 275 Å². The smallest absolute Gasteiger partial charge is 0.0786 e. The molecule has 0 atom stereocenters. The third kappa shape index (κ3) is 4.33. The van der Waals surface area contributed by atoms with Crippen LogP contribution in [0.25, 0.3) is 77.4 Å². The summed E-state index contributed by atoms with van der Waals surface area (Å²) in [5, 5.41) is 4.74.